The summed E-state index contributed by atoms with van der Waals surface area (Å²) in [6.07, 6.45) is 1.57. The molecule has 0 unspecified atom stereocenters. The van der Waals surface area contributed by atoms with Crippen LogP contribution in [0, 0.1) is 5.82 Å². The van der Waals surface area contributed by atoms with Crippen LogP contribution in [0.15, 0.2) is 102 Å². The summed E-state index contributed by atoms with van der Waals surface area (Å²) >= 11 is 0. The van der Waals surface area contributed by atoms with Crippen LogP contribution in [0.1, 0.15) is 16.9 Å². The molecule has 1 heterocycles. The van der Waals surface area contributed by atoms with Gasteiger partial charge in [-0.1, -0.05) is 48.5 Å². The van der Waals surface area contributed by atoms with Gasteiger partial charge in [0.15, 0.2) is 0 Å². The fourth-order valence-corrected chi connectivity index (χ4v) is 3.25. The zero-order valence-electron chi connectivity index (χ0n) is 17.4. The smallest absolute Gasteiger partial charge is 0.322 e. The number of nitrogens with zero attached hydrogens (tertiary/aromatic N) is 1. The van der Waals surface area contributed by atoms with Gasteiger partial charge in [-0.3, -0.25) is 0 Å². The number of anilines is 1. The van der Waals surface area contributed by atoms with E-state index in [0.29, 0.717) is 24.6 Å². The first kappa shape index (κ1) is 21.2. The summed E-state index contributed by atoms with van der Waals surface area (Å²) in [6, 6.07) is 26.6. The molecule has 4 aromatic rings. The van der Waals surface area contributed by atoms with Crippen LogP contribution in [0.4, 0.5) is 14.9 Å². The fraction of sp³-hybridized carbons (Fsp3) is 0.115. The molecule has 0 aliphatic carbocycles. The molecular formula is C26H23FN2O3. The van der Waals surface area contributed by atoms with Crippen LogP contribution < -0.4 is 10.1 Å². The second kappa shape index (κ2) is 10.3. The molecule has 0 spiro atoms. The summed E-state index contributed by atoms with van der Waals surface area (Å²) in [5, 5.41) is 2.75. The van der Waals surface area contributed by atoms with E-state index in [4.69, 9.17) is 9.15 Å². The third-order valence-electron chi connectivity index (χ3n) is 4.81. The average Bonchev–Trinajstić information content (AvgIpc) is 3.31. The van der Waals surface area contributed by atoms with Crippen molar-refractivity contribution in [3.63, 3.8) is 0 Å². The average molecular weight is 430 g/mol. The van der Waals surface area contributed by atoms with Gasteiger partial charge in [0.05, 0.1) is 12.8 Å². The Morgan fingerprint density at radius 1 is 0.875 bits per heavy atom. The Morgan fingerprint density at radius 3 is 2.47 bits per heavy atom. The number of halogens is 1. The molecule has 1 aromatic heterocycles. The molecule has 0 bridgehead atoms. The summed E-state index contributed by atoms with van der Waals surface area (Å²) < 4.78 is 24.9. The Labute approximate surface area is 186 Å². The maximum atomic E-state index is 13.5. The molecule has 1 N–H and O–H groups in total. The van der Waals surface area contributed by atoms with Crippen molar-refractivity contribution in [2.24, 2.45) is 0 Å². The number of urea groups is 1. The predicted molar refractivity (Wildman–Crippen MR) is 121 cm³/mol. The van der Waals surface area contributed by atoms with Gasteiger partial charge in [0, 0.05) is 12.2 Å². The summed E-state index contributed by atoms with van der Waals surface area (Å²) in [5.41, 5.74) is 2.36. The van der Waals surface area contributed by atoms with Gasteiger partial charge in [0.25, 0.3) is 0 Å². The second-order valence-electron chi connectivity index (χ2n) is 7.30. The van der Waals surface area contributed by atoms with Gasteiger partial charge < -0.3 is 19.4 Å². The first-order valence-electron chi connectivity index (χ1n) is 10.3. The minimum absolute atomic E-state index is 0.267. The summed E-state index contributed by atoms with van der Waals surface area (Å²) in [6.45, 7) is 1.05. The Kier molecular flexibility index (Phi) is 6.82. The molecule has 3 aromatic carbocycles. The van der Waals surface area contributed by atoms with E-state index in [1.807, 2.05) is 60.7 Å². The highest BCUT2D eigenvalue weighted by atomic mass is 19.1. The molecule has 0 aliphatic heterocycles. The van der Waals surface area contributed by atoms with E-state index in [1.54, 1.807) is 29.4 Å². The summed E-state index contributed by atoms with van der Waals surface area (Å²) in [5.74, 6) is 0.953. The lowest BCUT2D eigenvalue weighted by Gasteiger charge is -2.22. The number of ether oxygens (including phenoxy) is 1. The quantitative estimate of drug-likeness (QED) is 0.360. The van der Waals surface area contributed by atoms with Crippen molar-refractivity contribution in [3.8, 4) is 5.75 Å². The number of carbonyl (C=O) groups excluding carboxylic acids is 1. The number of carbonyl (C=O) groups is 1. The minimum Gasteiger partial charge on any atom is -0.489 e. The molecule has 0 saturated heterocycles. The number of hydrogen-bond donors (Lipinski definition) is 1. The first-order valence-corrected chi connectivity index (χ1v) is 10.3. The van der Waals surface area contributed by atoms with E-state index in [0.717, 1.165) is 16.9 Å². The topological polar surface area (TPSA) is 54.7 Å². The third-order valence-corrected chi connectivity index (χ3v) is 4.81. The molecule has 0 aliphatic rings. The normalized spacial score (nSPS) is 10.5. The molecule has 0 radical (unpaired) electrons. The molecule has 162 valence electrons. The highest BCUT2D eigenvalue weighted by Crippen LogP contribution is 2.19. The number of amides is 2. The zero-order valence-corrected chi connectivity index (χ0v) is 17.4. The van der Waals surface area contributed by atoms with Crippen LogP contribution in [-0.4, -0.2) is 10.9 Å². The molecule has 2 amide bonds. The monoisotopic (exact) mass is 430 g/mol. The Balaban J connectivity index is 1.47. The van der Waals surface area contributed by atoms with E-state index in [9.17, 15) is 9.18 Å². The van der Waals surface area contributed by atoms with Crippen molar-refractivity contribution in [2.45, 2.75) is 19.7 Å². The summed E-state index contributed by atoms with van der Waals surface area (Å²) in [4.78, 5) is 14.6. The number of rotatable bonds is 8. The summed E-state index contributed by atoms with van der Waals surface area (Å²) in [7, 11) is 0. The molecular weight excluding hydrogens is 407 g/mol. The van der Waals surface area contributed by atoms with Crippen LogP contribution in [0.2, 0.25) is 0 Å². The van der Waals surface area contributed by atoms with Crippen LogP contribution in [0.25, 0.3) is 0 Å². The van der Waals surface area contributed by atoms with Crippen LogP contribution >= 0.6 is 0 Å². The molecule has 6 heteroatoms. The standard InChI is InChI=1S/C26H23FN2O3/c27-22-10-5-11-23(16-22)28-26(30)29(18-25-13-6-14-31-25)17-21-9-4-12-24(15-21)32-19-20-7-2-1-3-8-20/h1-16H,17-19H2,(H,28,30). The lowest BCUT2D eigenvalue weighted by Crippen LogP contribution is -2.34. The SMILES string of the molecule is O=C(Nc1cccc(F)c1)N(Cc1cccc(OCc2ccccc2)c1)Cc1ccco1. The van der Waals surface area contributed by atoms with Gasteiger partial charge in [-0.15, -0.1) is 0 Å². The van der Waals surface area contributed by atoms with E-state index in [1.165, 1.54) is 12.1 Å². The van der Waals surface area contributed by atoms with E-state index < -0.39 is 5.82 Å². The van der Waals surface area contributed by atoms with Crippen molar-refractivity contribution in [2.75, 3.05) is 5.32 Å². The molecule has 0 fully saturated rings. The zero-order chi connectivity index (χ0) is 22.2. The minimum atomic E-state index is -0.413. The molecule has 32 heavy (non-hydrogen) atoms. The van der Waals surface area contributed by atoms with Crippen LogP contribution in [-0.2, 0) is 19.7 Å². The van der Waals surface area contributed by atoms with Gasteiger partial charge in [-0.05, 0) is 53.6 Å². The van der Waals surface area contributed by atoms with Crippen molar-refractivity contribution < 1.29 is 18.3 Å². The van der Waals surface area contributed by atoms with Gasteiger partial charge in [-0.2, -0.15) is 0 Å². The Hall–Kier alpha value is -4.06. The maximum absolute atomic E-state index is 13.5. The van der Waals surface area contributed by atoms with Gasteiger partial charge >= 0.3 is 6.03 Å². The largest absolute Gasteiger partial charge is 0.489 e. The van der Waals surface area contributed by atoms with Crippen molar-refractivity contribution in [1.29, 1.82) is 0 Å². The number of benzene rings is 3. The third kappa shape index (κ3) is 5.98. The van der Waals surface area contributed by atoms with E-state index in [-0.39, 0.29) is 12.6 Å². The molecule has 0 saturated carbocycles. The van der Waals surface area contributed by atoms with Crippen LogP contribution in [0.5, 0.6) is 5.75 Å². The van der Waals surface area contributed by atoms with Gasteiger partial charge in [-0.25, -0.2) is 9.18 Å². The molecule has 4 rings (SSSR count). The molecule has 5 nitrogen and oxygen atoms in total. The fourth-order valence-electron chi connectivity index (χ4n) is 3.25. The highest BCUT2D eigenvalue weighted by Gasteiger charge is 2.17. The Morgan fingerprint density at radius 2 is 1.69 bits per heavy atom. The van der Waals surface area contributed by atoms with Crippen molar-refractivity contribution in [1.82, 2.24) is 4.90 Å². The highest BCUT2D eigenvalue weighted by molar-refractivity contribution is 5.89. The lowest BCUT2D eigenvalue weighted by molar-refractivity contribution is 0.201. The number of nitrogens with one attached hydrogen (secondary N) is 1. The van der Waals surface area contributed by atoms with E-state index in [2.05, 4.69) is 5.32 Å². The van der Waals surface area contributed by atoms with Gasteiger partial charge in [0.1, 0.15) is 23.9 Å². The number of hydrogen-bond acceptors (Lipinski definition) is 3. The van der Waals surface area contributed by atoms with Crippen LogP contribution in [0.3, 0.4) is 0 Å². The second-order valence-corrected chi connectivity index (χ2v) is 7.30. The molecule has 0 atom stereocenters. The van der Waals surface area contributed by atoms with E-state index >= 15 is 0 Å². The Bertz CT molecular complexity index is 1150. The number of furan rings is 1. The predicted octanol–water partition coefficient (Wildman–Crippen LogP) is 6.23. The maximum Gasteiger partial charge on any atom is 0.322 e. The van der Waals surface area contributed by atoms with Crippen molar-refractivity contribution >= 4 is 11.7 Å². The van der Waals surface area contributed by atoms with Crippen molar-refractivity contribution in [3.05, 3.63) is 120 Å². The van der Waals surface area contributed by atoms with Gasteiger partial charge in [0.2, 0.25) is 0 Å². The first-order chi connectivity index (χ1) is 15.7. The lowest BCUT2D eigenvalue weighted by atomic mass is 10.2.